The number of benzene rings is 3. The van der Waals surface area contributed by atoms with Crippen LogP contribution in [0, 0.1) is 17.2 Å². The number of nitrogens with zero attached hydrogens (tertiary/aromatic N) is 1. The van der Waals surface area contributed by atoms with Gasteiger partial charge in [-0.2, -0.15) is 0 Å². The first-order valence-electron chi connectivity index (χ1n) is 16.7. The summed E-state index contributed by atoms with van der Waals surface area (Å²) in [5.41, 5.74) is 0.393. The molecule has 4 atom stereocenters. The molecule has 3 aromatic rings. The molecule has 0 radical (unpaired) electrons. The second kappa shape index (κ2) is 14.8. The maximum absolute atomic E-state index is 15.2. The van der Waals surface area contributed by atoms with Crippen LogP contribution in [0.25, 0.3) is 0 Å². The smallest absolute Gasteiger partial charge is 0.341 e. The van der Waals surface area contributed by atoms with Crippen molar-refractivity contribution in [3.63, 3.8) is 0 Å². The van der Waals surface area contributed by atoms with Crippen molar-refractivity contribution in [3.8, 4) is 5.75 Å². The van der Waals surface area contributed by atoms with Crippen LogP contribution in [0.15, 0.2) is 60.7 Å². The number of esters is 1. The molecule has 13 heteroatoms. The Labute approximate surface area is 308 Å². The van der Waals surface area contributed by atoms with E-state index in [1.54, 1.807) is 56.9 Å². The van der Waals surface area contributed by atoms with E-state index in [9.17, 15) is 18.0 Å². The fraction of sp³-hybridized carbons (Fsp3) is 0.447. The third-order valence-electron chi connectivity index (χ3n) is 9.95. The highest BCUT2D eigenvalue weighted by atomic mass is 35.5. The molecule has 2 fully saturated rings. The molecule has 2 amide bonds. The van der Waals surface area contributed by atoms with Crippen molar-refractivity contribution >= 4 is 56.5 Å². The monoisotopic (exact) mass is 760 g/mol. The summed E-state index contributed by atoms with van der Waals surface area (Å²) in [5, 5.41) is 3.20. The number of anilines is 1. The number of hydrogen-bond donors (Lipinski definition) is 1. The van der Waals surface area contributed by atoms with Gasteiger partial charge >= 0.3 is 5.97 Å². The first-order valence-corrected chi connectivity index (χ1v) is 19.1. The van der Waals surface area contributed by atoms with Gasteiger partial charge in [0.15, 0.2) is 9.84 Å². The maximum atomic E-state index is 15.2. The van der Waals surface area contributed by atoms with Crippen molar-refractivity contribution < 1.29 is 36.7 Å². The Morgan fingerprint density at radius 1 is 1.04 bits per heavy atom. The molecule has 3 aromatic carbocycles. The number of carbonyl (C=O) groups is 3. The predicted octanol–water partition coefficient (Wildman–Crippen LogP) is 8.01. The fourth-order valence-corrected chi connectivity index (χ4v) is 8.65. The van der Waals surface area contributed by atoms with Gasteiger partial charge in [-0.3, -0.25) is 9.59 Å². The zero-order valence-electron chi connectivity index (χ0n) is 29.5. The molecule has 1 heterocycles. The van der Waals surface area contributed by atoms with E-state index in [2.05, 4.69) is 5.32 Å². The fourth-order valence-electron chi connectivity index (χ4n) is 6.95. The molecule has 1 N–H and O–H groups in total. The summed E-state index contributed by atoms with van der Waals surface area (Å²) in [6.07, 6.45) is 1.35. The van der Waals surface area contributed by atoms with E-state index < -0.39 is 61.6 Å². The number of methoxy groups -OCH3 is 2. The Morgan fingerprint density at radius 2 is 1.75 bits per heavy atom. The lowest BCUT2D eigenvalue weighted by molar-refractivity contribution is -0.156. The lowest BCUT2D eigenvalue weighted by Gasteiger charge is -2.52. The van der Waals surface area contributed by atoms with Gasteiger partial charge in [-0.1, -0.05) is 48.3 Å². The molecule has 5 rings (SSSR count). The van der Waals surface area contributed by atoms with Crippen LogP contribution < -0.4 is 10.1 Å². The minimum atomic E-state index is -3.74. The Kier molecular flexibility index (Phi) is 11.2. The highest BCUT2D eigenvalue weighted by molar-refractivity contribution is 7.92. The lowest BCUT2D eigenvalue weighted by Crippen LogP contribution is -2.59. The average molecular weight is 762 g/mol. The summed E-state index contributed by atoms with van der Waals surface area (Å²) < 4.78 is 51.9. The summed E-state index contributed by atoms with van der Waals surface area (Å²) in [5.74, 6) is -2.89. The van der Waals surface area contributed by atoms with Crippen LogP contribution in [0.4, 0.5) is 10.1 Å². The largest absolute Gasteiger partial charge is 0.496 e. The Balaban J connectivity index is 1.62. The first-order chi connectivity index (χ1) is 23.9. The summed E-state index contributed by atoms with van der Waals surface area (Å²) in [6.45, 7) is 6.60. The number of halogens is 3. The zero-order valence-corrected chi connectivity index (χ0v) is 31.8. The quantitative estimate of drug-likeness (QED) is 0.197. The number of ether oxygens (including phenoxy) is 2. The van der Waals surface area contributed by atoms with Crippen molar-refractivity contribution in [1.82, 2.24) is 4.90 Å². The third kappa shape index (κ3) is 8.21. The maximum Gasteiger partial charge on any atom is 0.341 e. The topological polar surface area (TPSA) is 119 Å². The van der Waals surface area contributed by atoms with Crippen LogP contribution in [0.2, 0.25) is 10.0 Å². The van der Waals surface area contributed by atoms with Gasteiger partial charge in [0.2, 0.25) is 11.8 Å². The standard InChI is InChI=1S/C38H43Cl2FN2O7S/c1-37(2,3)51(47,48)21-31(22-10-11-22)43-34(24-12-15-29(40)30(41)17-24)28(23-8-7-9-25(39)16-23)19-38(4,36(43)46)20-33(44)42-26-13-14-27(35(45)50-6)32(18-26)49-5/h7-9,12-18,22,28,31,34H,10-11,19-21H2,1-6H3,(H,42,44)/t28-,31-,34-,38-/m1/s1. The van der Waals surface area contributed by atoms with E-state index in [-0.39, 0.29) is 40.8 Å². The molecule has 0 spiro atoms. The van der Waals surface area contributed by atoms with E-state index in [4.69, 9.17) is 32.7 Å². The summed E-state index contributed by atoms with van der Waals surface area (Å²) >= 11 is 12.6. The lowest BCUT2D eigenvalue weighted by atomic mass is 9.66. The molecule has 2 aliphatic rings. The molecule has 1 saturated carbocycles. The third-order valence-corrected chi connectivity index (χ3v) is 13.1. The zero-order chi connectivity index (χ0) is 37.5. The van der Waals surface area contributed by atoms with Crippen molar-refractivity contribution in [2.24, 2.45) is 11.3 Å². The molecule has 0 unspecified atom stereocenters. The van der Waals surface area contributed by atoms with E-state index in [1.165, 1.54) is 44.6 Å². The van der Waals surface area contributed by atoms with E-state index in [0.717, 1.165) is 18.4 Å². The van der Waals surface area contributed by atoms with Crippen LogP contribution in [0.1, 0.15) is 86.8 Å². The van der Waals surface area contributed by atoms with Crippen LogP contribution in [0.3, 0.4) is 0 Å². The van der Waals surface area contributed by atoms with Crippen LogP contribution in [0.5, 0.6) is 5.75 Å². The Morgan fingerprint density at radius 3 is 2.33 bits per heavy atom. The highest BCUT2D eigenvalue weighted by Gasteiger charge is 2.55. The van der Waals surface area contributed by atoms with Crippen LogP contribution in [-0.2, 0) is 24.2 Å². The Hall–Kier alpha value is -3.67. The number of amides is 2. The molecular formula is C38H43Cl2FN2O7S. The van der Waals surface area contributed by atoms with Gasteiger partial charge in [0.25, 0.3) is 0 Å². The van der Waals surface area contributed by atoms with E-state index >= 15 is 9.18 Å². The van der Waals surface area contributed by atoms with Gasteiger partial charge in [-0.05, 0) is 93.5 Å². The second-order valence-corrected chi connectivity index (χ2v) is 18.3. The highest BCUT2D eigenvalue weighted by Crippen LogP contribution is 2.54. The predicted molar refractivity (Wildman–Crippen MR) is 196 cm³/mol. The summed E-state index contributed by atoms with van der Waals surface area (Å²) in [7, 11) is -1.10. The van der Waals surface area contributed by atoms with Crippen LogP contribution >= 0.6 is 23.2 Å². The summed E-state index contributed by atoms with van der Waals surface area (Å²) in [4.78, 5) is 42.7. The number of likely N-dealkylation sites (tertiary alicyclic amines) is 1. The van der Waals surface area contributed by atoms with Crippen LogP contribution in [-0.4, -0.2) is 61.9 Å². The number of sulfone groups is 1. The molecule has 1 saturated heterocycles. The van der Waals surface area contributed by atoms with E-state index in [1.807, 2.05) is 6.07 Å². The summed E-state index contributed by atoms with van der Waals surface area (Å²) in [6, 6.07) is 14.5. The van der Waals surface area contributed by atoms with Crippen molar-refractivity contribution in [1.29, 1.82) is 0 Å². The number of piperidine rings is 1. The van der Waals surface area contributed by atoms with Gasteiger partial charge < -0.3 is 19.7 Å². The van der Waals surface area contributed by atoms with Crippen molar-refractivity contribution in [3.05, 3.63) is 93.2 Å². The van der Waals surface area contributed by atoms with Gasteiger partial charge in [0.1, 0.15) is 17.1 Å². The minimum Gasteiger partial charge on any atom is -0.496 e. The molecule has 1 aliphatic carbocycles. The van der Waals surface area contributed by atoms with Crippen molar-refractivity contribution in [2.45, 2.75) is 76.1 Å². The first kappa shape index (κ1) is 38.6. The normalized spacial score (nSPS) is 21.6. The molecule has 51 heavy (non-hydrogen) atoms. The molecule has 0 aromatic heterocycles. The number of hydrogen-bond acceptors (Lipinski definition) is 7. The van der Waals surface area contributed by atoms with Gasteiger partial charge in [-0.25, -0.2) is 17.6 Å². The second-order valence-electron chi connectivity index (χ2n) is 14.7. The average Bonchev–Trinajstić information content (AvgIpc) is 3.91. The Bertz CT molecular complexity index is 1950. The van der Waals surface area contributed by atoms with Gasteiger partial charge in [0, 0.05) is 35.2 Å². The van der Waals surface area contributed by atoms with Gasteiger partial charge in [0.05, 0.1) is 41.2 Å². The van der Waals surface area contributed by atoms with Crippen molar-refractivity contribution in [2.75, 3.05) is 25.3 Å². The molecular weight excluding hydrogens is 718 g/mol. The number of nitrogens with one attached hydrogen (secondary N) is 1. The SMILES string of the molecule is COC(=O)c1ccc(NC(=O)C[C@@]2(C)C[C@H](c3cccc(Cl)c3)[C@@H](c3ccc(Cl)c(F)c3)N([C@H](CS(=O)(=O)C(C)(C)C)C3CC3)C2=O)cc1OC. The van der Waals surface area contributed by atoms with E-state index in [0.29, 0.717) is 16.3 Å². The number of carbonyl (C=O) groups excluding carboxylic acids is 3. The number of rotatable bonds is 11. The molecule has 9 nitrogen and oxygen atoms in total. The molecule has 1 aliphatic heterocycles. The molecule has 274 valence electrons. The minimum absolute atomic E-state index is 0.0847. The van der Waals surface area contributed by atoms with Gasteiger partial charge in [-0.15, -0.1) is 0 Å². The molecule has 0 bridgehead atoms.